The molecule has 3 heterocycles. The first kappa shape index (κ1) is 36.7. The van der Waals surface area contributed by atoms with Gasteiger partial charge in [0.05, 0.1) is 22.4 Å². The van der Waals surface area contributed by atoms with Crippen molar-refractivity contribution in [3.63, 3.8) is 0 Å². The molecule has 1 unspecified atom stereocenters. The van der Waals surface area contributed by atoms with Crippen LogP contribution in [0.4, 0.5) is 0 Å². The fourth-order valence-electron chi connectivity index (χ4n) is 8.55. The van der Waals surface area contributed by atoms with Crippen LogP contribution in [0.25, 0.3) is 33.3 Å². The molecule has 0 amide bonds. The molecule has 0 radical (unpaired) electrons. The minimum atomic E-state index is -0.0909. The molecular formula is C48H58N4O. The van der Waals surface area contributed by atoms with E-state index in [4.69, 9.17) is 14.8 Å². The van der Waals surface area contributed by atoms with Crippen LogP contribution < -0.4 is 4.74 Å². The van der Waals surface area contributed by atoms with Crippen molar-refractivity contribution in [1.82, 2.24) is 19.3 Å². The number of aromatic nitrogens is 4. The molecule has 0 N–H and O–H groups in total. The van der Waals surface area contributed by atoms with E-state index in [1.165, 1.54) is 45.2 Å². The summed E-state index contributed by atoms with van der Waals surface area (Å²) in [7, 11) is 0. The number of pyridine rings is 1. The van der Waals surface area contributed by atoms with E-state index in [1.54, 1.807) is 0 Å². The van der Waals surface area contributed by atoms with E-state index in [-0.39, 0.29) is 16.2 Å². The third-order valence-electron chi connectivity index (χ3n) is 11.6. The van der Waals surface area contributed by atoms with Gasteiger partial charge in [-0.3, -0.25) is 4.57 Å². The van der Waals surface area contributed by atoms with Crippen LogP contribution in [-0.2, 0) is 10.8 Å². The van der Waals surface area contributed by atoms with Gasteiger partial charge in [0.2, 0.25) is 0 Å². The Hall–Kier alpha value is -4.64. The monoisotopic (exact) mass is 706 g/mol. The van der Waals surface area contributed by atoms with Crippen molar-refractivity contribution in [2.45, 2.75) is 113 Å². The largest absolute Gasteiger partial charge is 0.457 e. The molecule has 3 aromatic heterocycles. The van der Waals surface area contributed by atoms with Crippen molar-refractivity contribution < 1.29 is 4.74 Å². The van der Waals surface area contributed by atoms with Crippen molar-refractivity contribution in [2.24, 2.45) is 17.3 Å². The Labute approximate surface area is 317 Å². The highest BCUT2D eigenvalue weighted by atomic mass is 16.5. The van der Waals surface area contributed by atoms with Crippen molar-refractivity contribution in [1.29, 1.82) is 0 Å². The van der Waals surface area contributed by atoms with E-state index < -0.39 is 0 Å². The summed E-state index contributed by atoms with van der Waals surface area (Å²) in [6.45, 7) is 29.8. The molecule has 5 nitrogen and oxygen atoms in total. The normalized spacial score (nSPS) is 18.5. The summed E-state index contributed by atoms with van der Waals surface area (Å²) in [6, 6.07) is 26.0. The molecule has 0 spiro atoms. The van der Waals surface area contributed by atoms with Crippen molar-refractivity contribution >= 4 is 21.8 Å². The van der Waals surface area contributed by atoms with Crippen LogP contribution in [0.5, 0.6) is 11.5 Å². The van der Waals surface area contributed by atoms with Crippen LogP contribution in [-0.4, -0.2) is 19.3 Å². The highest BCUT2D eigenvalue weighted by molar-refractivity contribution is 6.09. The zero-order valence-corrected chi connectivity index (χ0v) is 34.2. The lowest BCUT2D eigenvalue weighted by atomic mass is 9.65. The predicted octanol–water partition coefficient (Wildman–Crippen LogP) is 13.1. The molecule has 1 aliphatic rings. The lowest BCUT2D eigenvalue weighted by Crippen LogP contribution is -2.28. The van der Waals surface area contributed by atoms with Crippen LogP contribution in [0.15, 0.2) is 90.6 Å². The van der Waals surface area contributed by atoms with Gasteiger partial charge in [-0.25, -0.2) is 9.67 Å². The standard InChI is InChI=1S/C48H58N4O/c1-29-22-34(47(8,9)10)23-30(2)44(29)45-31(3)50-52(32(45)4)36-24-35(48(11,12)13)25-38(27-36)53-37-18-19-40-39-16-14-15-17-41(39)51(42(40)28-37)43-26-33(20-21-49-43)46(5,6)7/h14-22,24-28,30,34,44H,23H2,1-13H3/t30-,34-,44?/m0/s1. The third-order valence-corrected chi connectivity index (χ3v) is 11.6. The number of aryl methyl sites for hydroxylation is 1. The van der Waals surface area contributed by atoms with E-state index in [0.29, 0.717) is 17.8 Å². The van der Waals surface area contributed by atoms with Crippen molar-refractivity contribution in [3.8, 4) is 23.0 Å². The second-order valence-electron chi connectivity index (χ2n) is 18.8. The van der Waals surface area contributed by atoms with Gasteiger partial charge in [-0.2, -0.15) is 5.10 Å². The molecule has 276 valence electrons. The van der Waals surface area contributed by atoms with Gasteiger partial charge >= 0.3 is 0 Å². The molecule has 0 fully saturated rings. The highest BCUT2D eigenvalue weighted by Gasteiger charge is 2.36. The number of benzene rings is 3. The zero-order chi connectivity index (χ0) is 38.2. The number of hydrogen-bond acceptors (Lipinski definition) is 3. The second-order valence-corrected chi connectivity index (χ2v) is 18.8. The van der Waals surface area contributed by atoms with Crippen molar-refractivity contribution in [2.75, 3.05) is 0 Å². The molecule has 0 saturated carbocycles. The molecule has 3 atom stereocenters. The quantitative estimate of drug-likeness (QED) is 0.168. The number of para-hydroxylation sites is 1. The van der Waals surface area contributed by atoms with E-state index >= 15 is 0 Å². The van der Waals surface area contributed by atoms with Crippen LogP contribution in [0.2, 0.25) is 0 Å². The number of nitrogens with zero attached hydrogens (tertiary/aromatic N) is 4. The smallest absolute Gasteiger partial charge is 0.137 e. The van der Waals surface area contributed by atoms with Gasteiger partial charge in [-0.05, 0) is 109 Å². The van der Waals surface area contributed by atoms with Crippen LogP contribution in [0, 0.1) is 31.1 Å². The van der Waals surface area contributed by atoms with Gasteiger partial charge in [0.15, 0.2) is 0 Å². The van der Waals surface area contributed by atoms with E-state index in [9.17, 15) is 0 Å². The minimum Gasteiger partial charge on any atom is -0.457 e. The Balaban J connectivity index is 1.32. The Bertz CT molecular complexity index is 2370. The lowest BCUT2D eigenvalue weighted by Gasteiger charge is -2.39. The third kappa shape index (κ3) is 6.84. The molecule has 5 heteroatoms. The lowest BCUT2D eigenvalue weighted by molar-refractivity contribution is 0.224. The van der Waals surface area contributed by atoms with E-state index in [2.05, 4.69) is 178 Å². The maximum absolute atomic E-state index is 6.84. The molecule has 6 aromatic rings. The molecule has 0 aliphatic heterocycles. The number of hydrogen-bond donors (Lipinski definition) is 0. The van der Waals surface area contributed by atoms with Gasteiger partial charge < -0.3 is 4.74 Å². The first-order valence-electron chi connectivity index (χ1n) is 19.4. The number of allylic oxidation sites excluding steroid dienone is 2. The van der Waals surface area contributed by atoms with E-state index in [0.717, 1.165) is 39.7 Å². The van der Waals surface area contributed by atoms with Crippen molar-refractivity contribution in [3.05, 3.63) is 119 Å². The Morgan fingerprint density at radius 1 is 0.717 bits per heavy atom. The van der Waals surface area contributed by atoms with Gasteiger partial charge in [-0.1, -0.05) is 99.1 Å². The minimum absolute atomic E-state index is 0.00619. The summed E-state index contributed by atoms with van der Waals surface area (Å²) in [5.74, 6) is 3.97. The van der Waals surface area contributed by atoms with Gasteiger partial charge in [-0.15, -0.1) is 0 Å². The molecule has 53 heavy (non-hydrogen) atoms. The average Bonchev–Trinajstić information content (AvgIpc) is 3.56. The van der Waals surface area contributed by atoms with Crippen LogP contribution in [0.3, 0.4) is 0 Å². The van der Waals surface area contributed by atoms with Gasteiger partial charge in [0.25, 0.3) is 0 Å². The average molecular weight is 707 g/mol. The Kier molecular flexibility index (Phi) is 9.03. The maximum atomic E-state index is 6.84. The number of ether oxygens (including phenoxy) is 1. The molecule has 0 bridgehead atoms. The first-order valence-corrected chi connectivity index (χ1v) is 19.4. The summed E-state index contributed by atoms with van der Waals surface area (Å²) >= 11 is 0. The van der Waals surface area contributed by atoms with Crippen LogP contribution >= 0.6 is 0 Å². The topological polar surface area (TPSA) is 44.9 Å². The summed E-state index contributed by atoms with van der Waals surface area (Å²) in [6.07, 6.45) is 5.66. The Morgan fingerprint density at radius 2 is 1.42 bits per heavy atom. The highest BCUT2D eigenvalue weighted by Crippen LogP contribution is 2.47. The Morgan fingerprint density at radius 3 is 2.09 bits per heavy atom. The summed E-state index contributed by atoms with van der Waals surface area (Å²) in [5.41, 5.74) is 11.0. The zero-order valence-electron chi connectivity index (χ0n) is 34.2. The first-order chi connectivity index (χ1) is 24.8. The van der Waals surface area contributed by atoms with Gasteiger partial charge in [0.1, 0.15) is 17.3 Å². The predicted molar refractivity (Wildman–Crippen MR) is 222 cm³/mol. The summed E-state index contributed by atoms with van der Waals surface area (Å²) < 4.78 is 11.3. The molecular weight excluding hydrogens is 649 g/mol. The number of rotatable bonds is 5. The fraction of sp³-hybridized carbons (Fsp3) is 0.417. The van der Waals surface area contributed by atoms with E-state index in [1.807, 2.05) is 6.20 Å². The molecule has 7 rings (SSSR count). The summed E-state index contributed by atoms with van der Waals surface area (Å²) in [4.78, 5) is 4.88. The molecule has 3 aromatic carbocycles. The second kappa shape index (κ2) is 13.0. The fourth-order valence-corrected chi connectivity index (χ4v) is 8.55. The van der Waals surface area contributed by atoms with Crippen LogP contribution in [0.1, 0.15) is 117 Å². The van der Waals surface area contributed by atoms with Gasteiger partial charge in [0, 0.05) is 46.3 Å². The maximum Gasteiger partial charge on any atom is 0.137 e. The summed E-state index contributed by atoms with van der Waals surface area (Å²) in [5, 5.41) is 7.59. The molecule has 0 saturated heterocycles. The molecule has 1 aliphatic carbocycles. The number of fused-ring (bicyclic) bond motifs is 3. The SMILES string of the molecule is CC1=C[C@H](C(C)(C)C)C[C@H](C)C1c1c(C)nn(-c2cc(Oc3ccc4c5ccccc5n(-c5cc(C(C)(C)C)ccn5)c4c3)cc(C(C)(C)C)c2)c1C.